The highest BCUT2D eigenvalue weighted by molar-refractivity contribution is 5.89. The topological polar surface area (TPSA) is 3.24 Å². The Hall–Kier alpha value is -5.40. The molecule has 0 radical (unpaired) electrons. The molecular weight excluding hydrogens is 494 g/mol. The van der Waals surface area contributed by atoms with Gasteiger partial charge in [0.25, 0.3) is 0 Å². The first-order valence-electron chi connectivity index (χ1n) is 14.0. The van der Waals surface area contributed by atoms with Crippen LogP contribution >= 0.6 is 0 Å². The number of nitrogens with zero attached hydrogens (tertiary/aromatic N) is 1. The molecule has 1 nitrogen and oxygen atoms in total. The fourth-order valence-electron chi connectivity index (χ4n) is 5.63. The van der Waals surface area contributed by atoms with Gasteiger partial charge in [0, 0.05) is 17.1 Å². The molecule has 0 aliphatic rings. The van der Waals surface area contributed by atoms with E-state index in [0.717, 1.165) is 17.1 Å². The molecule has 7 aromatic rings. The zero-order valence-corrected chi connectivity index (χ0v) is 22.7. The Morgan fingerprint density at radius 2 is 0.756 bits per heavy atom. The molecule has 0 aliphatic carbocycles. The first-order valence-corrected chi connectivity index (χ1v) is 14.0. The molecule has 0 bridgehead atoms. The van der Waals surface area contributed by atoms with Crippen molar-refractivity contribution in [2.24, 2.45) is 0 Å². The Morgan fingerprint density at radius 3 is 1.49 bits per heavy atom. The Bertz CT molecular complexity index is 1940. The first kappa shape index (κ1) is 24.6. The monoisotopic (exact) mass is 523 g/mol. The standard InChI is InChI=1S/C40H29N/c1-3-14-31(15-4-1)39-23-9-10-24-40(39)35-18-12-22-38(29-35)41(36-19-5-2-6-20-36)37-21-11-17-33(28-37)34-26-25-30-13-7-8-16-32(30)27-34/h1-29H. The molecule has 0 amide bonds. The molecule has 41 heavy (non-hydrogen) atoms. The molecule has 194 valence electrons. The molecule has 0 atom stereocenters. The minimum Gasteiger partial charge on any atom is -0.310 e. The van der Waals surface area contributed by atoms with E-state index < -0.39 is 0 Å². The fraction of sp³-hybridized carbons (Fsp3) is 0. The molecular formula is C40H29N. The predicted octanol–water partition coefficient (Wildman–Crippen LogP) is 11.3. The molecule has 1 heteroatoms. The van der Waals surface area contributed by atoms with Gasteiger partial charge < -0.3 is 4.90 Å². The van der Waals surface area contributed by atoms with Crippen LogP contribution in [0.4, 0.5) is 17.1 Å². The lowest BCUT2D eigenvalue weighted by atomic mass is 9.94. The summed E-state index contributed by atoms with van der Waals surface area (Å²) in [5.41, 5.74) is 10.6. The van der Waals surface area contributed by atoms with Crippen LogP contribution in [-0.2, 0) is 0 Å². The van der Waals surface area contributed by atoms with E-state index in [1.807, 2.05) is 0 Å². The second kappa shape index (κ2) is 11.0. The van der Waals surface area contributed by atoms with Crippen LogP contribution in [0.25, 0.3) is 44.2 Å². The second-order valence-corrected chi connectivity index (χ2v) is 10.2. The average molecular weight is 524 g/mol. The highest BCUT2D eigenvalue weighted by Crippen LogP contribution is 2.40. The van der Waals surface area contributed by atoms with Gasteiger partial charge >= 0.3 is 0 Å². The zero-order chi connectivity index (χ0) is 27.4. The zero-order valence-electron chi connectivity index (χ0n) is 22.7. The van der Waals surface area contributed by atoms with Crippen molar-refractivity contribution >= 4 is 27.8 Å². The van der Waals surface area contributed by atoms with Crippen LogP contribution in [0, 0.1) is 0 Å². The van der Waals surface area contributed by atoms with Gasteiger partial charge in [-0.1, -0.05) is 133 Å². The summed E-state index contributed by atoms with van der Waals surface area (Å²) in [6, 6.07) is 62.9. The van der Waals surface area contributed by atoms with Crippen LogP contribution in [-0.4, -0.2) is 0 Å². The molecule has 0 N–H and O–H groups in total. The van der Waals surface area contributed by atoms with E-state index in [4.69, 9.17) is 0 Å². The minimum atomic E-state index is 1.12. The maximum absolute atomic E-state index is 2.35. The van der Waals surface area contributed by atoms with Gasteiger partial charge in [-0.05, 0) is 86.6 Å². The van der Waals surface area contributed by atoms with Gasteiger partial charge in [0.1, 0.15) is 0 Å². The van der Waals surface area contributed by atoms with E-state index in [2.05, 4.69) is 181 Å². The Morgan fingerprint density at radius 1 is 0.268 bits per heavy atom. The normalized spacial score (nSPS) is 10.9. The van der Waals surface area contributed by atoms with Gasteiger partial charge in [0.2, 0.25) is 0 Å². The molecule has 0 saturated carbocycles. The SMILES string of the molecule is c1ccc(-c2ccccc2-c2cccc(N(c3ccccc3)c3cccc(-c4ccc5ccccc5c4)c3)c2)cc1. The van der Waals surface area contributed by atoms with E-state index >= 15 is 0 Å². The number of anilines is 3. The third-order valence-electron chi connectivity index (χ3n) is 7.63. The van der Waals surface area contributed by atoms with Crippen molar-refractivity contribution in [2.75, 3.05) is 4.90 Å². The molecule has 7 aromatic carbocycles. The lowest BCUT2D eigenvalue weighted by Crippen LogP contribution is -2.10. The largest absolute Gasteiger partial charge is 0.310 e. The molecule has 7 rings (SSSR count). The highest BCUT2D eigenvalue weighted by atomic mass is 15.1. The summed E-state index contributed by atoms with van der Waals surface area (Å²) in [5.74, 6) is 0. The lowest BCUT2D eigenvalue weighted by Gasteiger charge is -2.26. The van der Waals surface area contributed by atoms with Crippen molar-refractivity contribution in [1.29, 1.82) is 0 Å². The maximum atomic E-state index is 2.35. The number of fused-ring (bicyclic) bond motifs is 1. The van der Waals surface area contributed by atoms with Crippen molar-refractivity contribution in [1.82, 2.24) is 0 Å². The average Bonchev–Trinajstić information content (AvgIpc) is 3.06. The fourth-order valence-corrected chi connectivity index (χ4v) is 5.63. The van der Waals surface area contributed by atoms with E-state index in [9.17, 15) is 0 Å². The molecule has 0 heterocycles. The third-order valence-corrected chi connectivity index (χ3v) is 7.63. The maximum Gasteiger partial charge on any atom is 0.0467 e. The van der Waals surface area contributed by atoms with Gasteiger partial charge in [-0.15, -0.1) is 0 Å². The molecule has 0 aromatic heterocycles. The van der Waals surface area contributed by atoms with Crippen LogP contribution in [0.2, 0.25) is 0 Å². The number of rotatable bonds is 6. The van der Waals surface area contributed by atoms with Crippen molar-refractivity contribution < 1.29 is 0 Å². The van der Waals surface area contributed by atoms with Crippen LogP contribution in [0.5, 0.6) is 0 Å². The smallest absolute Gasteiger partial charge is 0.0467 e. The summed E-state index contributed by atoms with van der Waals surface area (Å²) in [6.45, 7) is 0. The minimum absolute atomic E-state index is 1.12. The number of hydrogen-bond acceptors (Lipinski definition) is 1. The van der Waals surface area contributed by atoms with Gasteiger partial charge in [-0.2, -0.15) is 0 Å². The molecule has 0 fully saturated rings. The quantitative estimate of drug-likeness (QED) is 0.209. The molecule has 0 spiro atoms. The Labute approximate surface area is 241 Å². The van der Waals surface area contributed by atoms with Gasteiger partial charge in [0.15, 0.2) is 0 Å². The van der Waals surface area contributed by atoms with Crippen LogP contribution in [0.3, 0.4) is 0 Å². The first-order chi connectivity index (χ1) is 20.3. The second-order valence-electron chi connectivity index (χ2n) is 10.2. The van der Waals surface area contributed by atoms with E-state index in [-0.39, 0.29) is 0 Å². The summed E-state index contributed by atoms with van der Waals surface area (Å²) in [7, 11) is 0. The molecule has 0 aliphatic heterocycles. The summed E-state index contributed by atoms with van der Waals surface area (Å²) in [4.78, 5) is 2.35. The van der Waals surface area contributed by atoms with Gasteiger partial charge in [0.05, 0.1) is 0 Å². The van der Waals surface area contributed by atoms with Crippen molar-refractivity contribution in [2.45, 2.75) is 0 Å². The number of hydrogen-bond donors (Lipinski definition) is 0. The van der Waals surface area contributed by atoms with Crippen molar-refractivity contribution in [3.8, 4) is 33.4 Å². The number of benzene rings is 7. The van der Waals surface area contributed by atoms with Crippen LogP contribution in [0.15, 0.2) is 176 Å². The molecule has 0 unspecified atom stereocenters. The summed E-state index contributed by atoms with van der Waals surface area (Å²) in [5, 5.41) is 2.51. The lowest BCUT2D eigenvalue weighted by molar-refractivity contribution is 1.28. The molecule has 0 saturated heterocycles. The Kier molecular flexibility index (Phi) is 6.61. The van der Waals surface area contributed by atoms with E-state index in [1.165, 1.54) is 44.2 Å². The van der Waals surface area contributed by atoms with E-state index in [0.29, 0.717) is 0 Å². The summed E-state index contributed by atoms with van der Waals surface area (Å²) < 4.78 is 0. The third kappa shape index (κ3) is 5.02. The van der Waals surface area contributed by atoms with Gasteiger partial charge in [-0.3, -0.25) is 0 Å². The van der Waals surface area contributed by atoms with Crippen molar-refractivity contribution in [3.05, 3.63) is 176 Å². The Balaban J connectivity index is 1.34. The summed E-state index contributed by atoms with van der Waals surface area (Å²) in [6.07, 6.45) is 0. The highest BCUT2D eigenvalue weighted by Gasteiger charge is 2.15. The van der Waals surface area contributed by atoms with Crippen LogP contribution in [0.1, 0.15) is 0 Å². The van der Waals surface area contributed by atoms with Crippen molar-refractivity contribution in [3.63, 3.8) is 0 Å². The number of para-hydroxylation sites is 1. The van der Waals surface area contributed by atoms with E-state index in [1.54, 1.807) is 0 Å². The summed E-state index contributed by atoms with van der Waals surface area (Å²) >= 11 is 0. The van der Waals surface area contributed by atoms with Gasteiger partial charge in [-0.25, -0.2) is 0 Å². The van der Waals surface area contributed by atoms with Crippen LogP contribution < -0.4 is 4.90 Å². The predicted molar refractivity (Wildman–Crippen MR) is 175 cm³/mol.